The number of nitrogens with two attached hydrogens (primary N) is 2. The third-order valence-corrected chi connectivity index (χ3v) is 15.5. The molecule has 13 amide bonds. The lowest BCUT2D eigenvalue weighted by molar-refractivity contribution is -0.149. The molecule has 0 unspecified atom stereocenters. The first-order valence-corrected chi connectivity index (χ1v) is 30.7. The van der Waals surface area contributed by atoms with Crippen molar-refractivity contribution >= 4 is 94.7 Å². The van der Waals surface area contributed by atoms with E-state index in [1.165, 1.54) is 18.7 Å². The number of hydrogen-bond donors (Lipinski definition) is 15. The fourth-order valence-electron chi connectivity index (χ4n) is 10.4. The molecular weight excluding hydrogens is 1200 g/mol. The number of allylic oxidation sites excluding steroid dienone is 1. The predicted molar refractivity (Wildman–Crippen MR) is 321 cm³/mol. The van der Waals surface area contributed by atoms with Crippen LogP contribution < -0.4 is 64.6 Å². The molecule has 0 aromatic rings. The average molecular weight is 1290 g/mol. The monoisotopic (exact) mass is 1290 g/mol. The number of carbonyl (C=O) groups excluding carboxylic acids is 13. The van der Waals surface area contributed by atoms with Crippen LogP contribution in [0.3, 0.4) is 0 Å². The number of carbonyl (C=O) groups is 16. The van der Waals surface area contributed by atoms with E-state index in [9.17, 15) is 87.2 Å². The lowest BCUT2D eigenvalue weighted by Crippen LogP contribution is -2.66. The molecule has 3 aliphatic rings. The number of carboxylic acids is 3. The standard InChI is InChI=1S/C58H92N14O19/c1-29(2)18-13-11-9-8-10-12-14-21-40(74)64-34(24-39(60)73)51(83)70-48-33(7)63-52(84)38-20-17-23-72(38)56(88)45(30(3)4)68-55(87)47(32(6)59)67-42(76)28-62-49(81)35(25-43(77)78)65-41(75)27-61-50(82)36(26-44(79)80)66-54(86)46(31(5)58(90)91)69-53(85)37-19-15-16-22-71(37)57(48)89/h12,14,29-38,45-48H,8-11,13,15-28,59H2,1-7H3,(H2,60,73)(H,61,82)(H,62,81)(H,63,84)(H,64,74)(H,65,75)(H,66,86)(H,67,76)(H,68,87)(H,69,85)(H,70,83)(H,77,78)(H,79,80)(H,90,91)/b14-12-/t31-,32+,33-,34+,35+,36+,37-,38+,45+,46+,47-,48+/m1/s1. The summed E-state index contributed by atoms with van der Waals surface area (Å²) in [6.07, 6.45) is 6.48. The molecule has 3 rings (SSSR count). The highest BCUT2D eigenvalue weighted by Gasteiger charge is 2.45. The summed E-state index contributed by atoms with van der Waals surface area (Å²) in [6.45, 7) is 8.76. The Morgan fingerprint density at radius 3 is 1.69 bits per heavy atom. The van der Waals surface area contributed by atoms with E-state index in [1.54, 1.807) is 26.0 Å². The van der Waals surface area contributed by atoms with Crippen molar-refractivity contribution in [3.8, 4) is 0 Å². The number of amides is 13. The van der Waals surface area contributed by atoms with Crippen molar-refractivity contribution in [1.82, 2.24) is 63.0 Å². The van der Waals surface area contributed by atoms with Crippen molar-refractivity contribution in [3.05, 3.63) is 12.2 Å². The predicted octanol–water partition coefficient (Wildman–Crippen LogP) is -4.01. The van der Waals surface area contributed by atoms with Gasteiger partial charge in [-0.15, -0.1) is 0 Å². The molecule has 3 heterocycles. The number of carboxylic acid groups (broad SMARTS) is 3. The van der Waals surface area contributed by atoms with Crippen LogP contribution in [0, 0.1) is 17.8 Å². The van der Waals surface area contributed by atoms with Gasteiger partial charge < -0.3 is 89.8 Å². The van der Waals surface area contributed by atoms with Gasteiger partial charge in [0, 0.05) is 25.6 Å². The molecule has 0 saturated carbocycles. The normalized spacial score (nSPS) is 25.3. The summed E-state index contributed by atoms with van der Waals surface area (Å²) >= 11 is 0. The topological polar surface area (TPSA) is 513 Å². The van der Waals surface area contributed by atoms with E-state index in [2.05, 4.69) is 56.4 Å². The van der Waals surface area contributed by atoms with Gasteiger partial charge >= 0.3 is 17.9 Å². The fourth-order valence-corrected chi connectivity index (χ4v) is 10.4. The van der Waals surface area contributed by atoms with Gasteiger partial charge in [0.2, 0.25) is 76.8 Å². The summed E-state index contributed by atoms with van der Waals surface area (Å²) < 4.78 is 0. The van der Waals surface area contributed by atoms with Crippen LogP contribution in [0.15, 0.2) is 12.2 Å². The third-order valence-electron chi connectivity index (χ3n) is 15.5. The van der Waals surface area contributed by atoms with Crippen LogP contribution in [0.5, 0.6) is 0 Å². The number of rotatable bonds is 22. The molecule has 0 bridgehead atoms. The van der Waals surface area contributed by atoms with Crippen molar-refractivity contribution in [2.75, 3.05) is 26.2 Å². The van der Waals surface area contributed by atoms with Crippen molar-refractivity contribution in [3.63, 3.8) is 0 Å². The third kappa shape index (κ3) is 25.2. The number of hydrogen-bond acceptors (Lipinski definition) is 17. The molecular formula is C58H92N14O19. The molecule has 0 radical (unpaired) electrons. The molecule has 33 nitrogen and oxygen atoms in total. The Kier molecular flexibility index (Phi) is 31.4. The van der Waals surface area contributed by atoms with Gasteiger partial charge in [-0.25, -0.2) is 0 Å². The van der Waals surface area contributed by atoms with Gasteiger partial charge in [0.15, 0.2) is 0 Å². The zero-order valence-corrected chi connectivity index (χ0v) is 52.6. The van der Waals surface area contributed by atoms with Gasteiger partial charge in [-0.2, -0.15) is 0 Å². The van der Waals surface area contributed by atoms with E-state index in [0.29, 0.717) is 12.3 Å². The number of primary amides is 1. The first-order chi connectivity index (χ1) is 42.7. The maximum atomic E-state index is 15.2. The van der Waals surface area contributed by atoms with Crippen molar-refractivity contribution in [2.45, 2.75) is 211 Å². The Balaban J connectivity index is 2.17. The quantitative estimate of drug-likeness (QED) is 0.0363. The number of aliphatic carboxylic acids is 3. The van der Waals surface area contributed by atoms with Crippen LogP contribution in [-0.4, -0.2) is 212 Å². The lowest BCUT2D eigenvalue weighted by atomic mass is 9.96. The maximum absolute atomic E-state index is 15.2. The summed E-state index contributed by atoms with van der Waals surface area (Å²) in [7, 11) is 0. The molecule has 3 saturated heterocycles. The molecule has 33 heteroatoms. The van der Waals surface area contributed by atoms with Crippen molar-refractivity contribution < 1.29 is 92.0 Å². The van der Waals surface area contributed by atoms with Crippen LogP contribution >= 0.6 is 0 Å². The van der Waals surface area contributed by atoms with E-state index in [1.807, 2.05) is 10.6 Å². The van der Waals surface area contributed by atoms with Gasteiger partial charge in [0.05, 0.1) is 44.3 Å². The zero-order valence-electron chi connectivity index (χ0n) is 52.6. The second kappa shape index (κ2) is 37.4. The van der Waals surface area contributed by atoms with E-state index in [4.69, 9.17) is 11.5 Å². The smallest absolute Gasteiger partial charge is 0.308 e. The van der Waals surface area contributed by atoms with Crippen molar-refractivity contribution in [1.29, 1.82) is 0 Å². The van der Waals surface area contributed by atoms with E-state index >= 15 is 4.79 Å². The molecule has 12 atom stereocenters. The number of piperidine rings is 1. The number of nitrogens with one attached hydrogen (secondary N) is 10. The second-order valence-electron chi connectivity index (χ2n) is 23.9. The van der Waals surface area contributed by atoms with Gasteiger partial charge in [-0.1, -0.05) is 65.5 Å². The van der Waals surface area contributed by atoms with Crippen LogP contribution in [0.4, 0.5) is 0 Å². The molecule has 0 aliphatic carbocycles. The summed E-state index contributed by atoms with van der Waals surface area (Å²) in [5.41, 5.74) is 11.7. The highest BCUT2D eigenvalue weighted by Crippen LogP contribution is 2.24. The SMILES string of the molecule is CC(C)CCCCCC/C=C\CC(=O)N[C@@H](CC(N)=O)C(=O)N[C@@H]1C(=O)N2CCCC[C@@H]2C(=O)N[C@@H]([C@@H](C)C(=O)O)C(=O)N[C@@H](CC(=O)O)C(=O)NCC(=O)N[C@@H](CC(=O)O)C(=O)NCC(=O)N[C@H]([C@H](C)N)C(=O)N[C@@H](C(C)C)C(=O)N2CCC[C@H]2C(=O)N[C@@H]1C. The second-order valence-corrected chi connectivity index (χ2v) is 23.9. The van der Waals surface area contributed by atoms with Gasteiger partial charge in [0.25, 0.3) is 0 Å². The van der Waals surface area contributed by atoms with Gasteiger partial charge in [-0.05, 0) is 77.6 Å². The molecule has 3 aliphatic heterocycles. The van der Waals surface area contributed by atoms with Gasteiger partial charge in [-0.3, -0.25) is 76.7 Å². The minimum absolute atomic E-state index is 0.0286. The lowest BCUT2D eigenvalue weighted by Gasteiger charge is -2.39. The Hall–Kier alpha value is -8.78. The molecule has 3 fully saturated rings. The number of unbranched alkanes of at least 4 members (excludes halogenated alkanes) is 4. The molecule has 508 valence electrons. The summed E-state index contributed by atoms with van der Waals surface area (Å²) in [4.78, 5) is 219. The zero-order chi connectivity index (χ0) is 68.4. The number of fused-ring (bicyclic) bond motifs is 2. The summed E-state index contributed by atoms with van der Waals surface area (Å²) in [6, 6.07) is -18.3. The fraction of sp³-hybridized carbons (Fsp3) is 0.690. The summed E-state index contributed by atoms with van der Waals surface area (Å²) in [5, 5.41) is 52.5. The Bertz CT molecular complexity index is 2710. The summed E-state index contributed by atoms with van der Waals surface area (Å²) in [5.74, 6) is -21.1. The minimum Gasteiger partial charge on any atom is -0.481 e. The van der Waals surface area contributed by atoms with E-state index in [-0.39, 0.29) is 51.6 Å². The number of nitrogens with zero attached hydrogens (tertiary/aromatic N) is 2. The Morgan fingerprint density at radius 2 is 1.13 bits per heavy atom. The largest absolute Gasteiger partial charge is 0.481 e. The maximum Gasteiger partial charge on any atom is 0.308 e. The highest BCUT2D eigenvalue weighted by molar-refractivity contribution is 6.01. The Morgan fingerprint density at radius 1 is 0.604 bits per heavy atom. The van der Waals surface area contributed by atoms with E-state index in [0.717, 1.165) is 43.9 Å². The molecule has 17 N–H and O–H groups in total. The van der Waals surface area contributed by atoms with Gasteiger partial charge in [0.1, 0.15) is 54.4 Å². The molecule has 0 aromatic carbocycles. The minimum atomic E-state index is -2.13. The molecule has 0 spiro atoms. The van der Waals surface area contributed by atoms with Crippen molar-refractivity contribution in [2.24, 2.45) is 29.2 Å². The van der Waals surface area contributed by atoms with Crippen LogP contribution in [0.1, 0.15) is 145 Å². The Labute approximate surface area is 526 Å². The molecule has 91 heavy (non-hydrogen) atoms. The van der Waals surface area contributed by atoms with Crippen LogP contribution in [0.2, 0.25) is 0 Å². The van der Waals surface area contributed by atoms with Crippen LogP contribution in [-0.2, 0) is 76.7 Å². The van der Waals surface area contributed by atoms with E-state index < -0.39 is 205 Å². The first kappa shape index (κ1) is 76.5. The molecule has 0 aromatic heterocycles. The average Bonchev–Trinajstić information content (AvgIpc) is 1.87. The first-order valence-electron chi connectivity index (χ1n) is 30.7. The highest BCUT2D eigenvalue weighted by atomic mass is 16.4. The van der Waals surface area contributed by atoms with Crippen LogP contribution in [0.25, 0.3) is 0 Å².